The molecular weight excluding hydrogens is 359 g/mol. The van der Waals surface area contributed by atoms with Crippen LogP contribution in [0.15, 0.2) is 42.6 Å². The molecule has 23 heavy (non-hydrogen) atoms. The van der Waals surface area contributed by atoms with Crippen LogP contribution in [-0.2, 0) is 4.79 Å². The van der Waals surface area contributed by atoms with Crippen molar-refractivity contribution in [1.82, 2.24) is 4.98 Å². The first-order chi connectivity index (χ1) is 11.0. The van der Waals surface area contributed by atoms with Crippen LogP contribution in [-0.4, -0.2) is 16.7 Å². The largest absolute Gasteiger partial charge is 0.360 e. The fraction of sp³-hybridized carbons (Fsp3) is 0. The van der Waals surface area contributed by atoms with Gasteiger partial charge in [0.25, 0.3) is 11.7 Å². The molecule has 1 aromatic heterocycles. The number of ketones is 1. The Bertz CT molecular complexity index is 914. The van der Waals surface area contributed by atoms with Gasteiger partial charge >= 0.3 is 0 Å². The average molecular weight is 368 g/mol. The summed E-state index contributed by atoms with van der Waals surface area (Å²) in [6.07, 6.45) is 1.47. The lowest BCUT2D eigenvalue weighted by atomic mass is 10.1. The van der Waals surface area contributed by atoms with Gasteiger partial charge < -0.3 is 10.3 Å². The van der Waals surface area contributed by atoms with E-state index in [0.29, 0.717) is 15.9 Å². The third-order valence-electron chi connectivity index (χ3n) is 3.30. The van der Waals surface area contributed by atoms with E-state index in [1.54, 1.807) is 36.4 Å². The van der Waals surface area contributed by atoms with Crippen molar-refractivity contribution in [2.75, 3.05) is 5.32 Å². The standard InChI is InChI=1S/C16H9Cl3N2O2/c17-8-4-5-9-10(7-20-13(9)6-8)15(22)16(23)21-14-11(18)2-1-3-12(14)19/h1-7,20H,(H,21,23). The van der Waals surface area contributed by atoms with Gasteiger partial charge in [0.1, 0.15) is 0 Å². The molecule has 3 aromatic rings. The van der Waals surface area contributed by atoms with E-state index in [1.807, 2.05) is 0 Å². The van der Waals surface area contributed by atoms with Crippen molar-refractivity contribution in [1.29, 1.82) is 0 Å². The molecule has 0 atom stereocenters. The summed E-state index contributed by atoms with van der Waals surface area (Å²) in [7, 11) is 0. The second-order valence-corrected chi connectivity index (χ2v) is 6.02. The first-order valence-electron chi connectivity index (χ1n) is 6.53. The predicted octanol–water partition coefficient (Wildman–Crippen LogP) is 4.95. The van der Waals surface area contributed by atoms with Crippen LogP contribution < -0.4 is 5.32 Å². The minimum Gasteiger partial charge on any atom is -0.360 e. The molecule has 2 aromatic carbocycles. The minimum absolute atomic E-state index is 0.206. The molecule has 1 heterocycles. The first-order valence-corrected chi connectivity index (χ1v) is 7.67. The fourth-order valence-electron chi connectivity index (χ4n) is 2.20. The lowest BCUT2D eigenvalue weighted by Crippen LogP contribution is -2.23. The fourth-order valence-corrected chi connectivity index (χ4v) is 2.86. The molecule has 0 aliphatic carbocycles. The number of H-pyrrole nitrogens is 1. The molecule has 4 nitrogen and oxygen atoms in total. The molecule has 1 amide bonds. The monoisotopic (exact) mass is 366 g/mol. The molecule has 0 aliphatic rings. The lowest BCUT2D eigenvalue weighted by molar-refractivity contribution is -0.112. The summed E-state index contributed by atoms with van der Waals surface area (Å²) in [6.45, 7) is 0. The van der Waals surface area contributed by atoms with Gasteiger partial charge in [-0.05, 0) is 24.3 Å². The number of nitrogens with one attached hydrogen (secondary N) is 2. The number of halogens is 3. The van der Waals surface area contributed by atoms with E-state index in [-0.39, 0.29) is 21.3 Å². The van der Waals surface area contributed by atoms with E-state index in [9.17, 15) is 9.59 Å². The highest BCUT2D eigenvalue weighted by atomic mass is 35.5. The normalized spacial score (nSPS) is 10.7. The minimum atomic E-state index is -0.823. The van der Waals surface area contributed by atoms with E-state index in [0.717, 1.165) is 0 Å². The predicted molar refractivity (Wildman–Crippen MR) is 92.7 cm³/mol. The Morgan fingerprint density at radius 2 is 1.70 bits per heavy atom. The van der Waals surface area contributed by atoms with Gasteiger partial charge in [-0.1, -0.05) is 46.9 Å². The molecule has 0 bridgehead atoms. The van der Waals surface area contributed by atoms with E-state index < -0.39 is 11.7 Å². The Hall–Kier alpha value is -2.01. The summed E-state index contributed by atoms with van der Waals surface area (Å²) in [5.74, 6) is -1.52. The van der Waals surface area contributed by atoms with Crippen molar-refractivity contribution < 1.29 is 9.59 Å². The maximum Gasteiger partial charge on any atom is 0.296 e. The van der Waals surface area contributed by atoms with Crippen molar-refractivity contribution in [2.45, 2.75) is 0 Å². The maximum atomic E-state index is 12.4. The summed E-state index contributed by atoms with van der Waals surface area (Å²) in [5.41, 5.74) is 1.12. The van der Waals surface area contributed by atoms with Crippen LogP contribution in [0.1, 0.15) is 10.4 Å². The maximum absolute atomic E-state index is 12.4. The van der Waals surface area contributed by atoms with Crippen LogP contribution >= 0.6 is 34.8 Å². The number of Topliss-reactive ketones (excluding diaryl/α,β-unsaturated/α-hetero) is 1. The van der Waals surface area contributed by atoms with Crippen LogP contribution in [0.4, 0.5) is 5.69 Å². The Kier molecular flexibility index (Phi) is 4.31. The highest BCUT2D eigenvalue weighted by Gasteiger charge is 2.21. The molecule has 2 N–H and O–H groups in total. The average Bonchev–Trinajstić information content (AvgIpc) is 2.93. The van der Waals surface area contributed by atoms with Gasteiger partial charge in [0.2, 0.25) is 0 Å². The third-order valence-corrected chi connectivity index (χ3v) is 4.16. The zero-order chi connectivity index (χ0) is 16.6. The molecule has 0 spiro atoms. The van der Waals surface area contributed by atoms with E-state index in [1.165, 1.54) is 6.20 Å². The van der Waals surface area contributed by atoms with Crippen molar-refractivity contribution in [3.05, 3.63) is 63.2 Å². The third kappa shape index (κ3) is 3.06. The van der Waals surface area contributed by atoms with Crippen molar-refractivity contribution in [3.8, 4) is 0 Å². The second kappa shape index (κ2) is 6.24. The Morgan fingerprint density at radius 1 is 1.00 bits per heavy atom. The number of carbonyl (C=O) groups is 2. The molecule has 0 fully saturated rings. The van der Waals surface area contributed by atoms with Crippen LogP contribution in [0, 0.1) is 0 Å². The summed E-state index contributed by atoms with van der Waals surface area (Å²) in [6, 6.07) is 9.79. The van der Waals surface area contributed by atoms with Gasteiger partial charge in [0, 0.05) is 22.1 Å². The topological polar surface area (TPSA) is 62.0 Å². The molecule has 3 rings (SSSR count). The lowest BCUT2D eigenvalue weighted by Gasteiger charge is -2.08. The van der Waals surface area contributed by atoms with E-state index >= 15 is 0 Å². The molecule has 0 saturated carbocycles. The molecule has 7 heteroatoms. The summed E-state index contributed by atoms with van der Waals surface area (Å²) >= 11 is 17.9. The van der Waals surface area contributed by atoms with Gasteiger partial charge in [-0.25, -0.2) is 0 Å². The number of hydrogen-bond acceptors (Lipinski definition) is 2. The zero-order valence-corrected chi connectivity index (χ0v) is 13.8. The summed E-state index contributed by atoms with van der Waals surface area (Å²) in [5, 5.41) is 4.10. The number of aromatic nitrogens is 1. The molecule has 0 aliphatic heterocycles. The van der Waals surface area contributed by atoms with Crippen LogP contribution in [0.3, 0.4) is 0 Å². The molecular formula is C16H9Cl3N2O2. The molecule has 0 unspecified atom stereocenters. The SMILES string of the molecule is O=C(Nc1c(Cl)cccc1Cl)C(=O)c1c[nH]c2cc(Cl)ccc12. The van der Waals surface area contributed by atoms with Crippen molar-refractivity contribution >= 4 is 63.1 Å². The molecule has 0 saturated heterocycles. The first kappa shape index (κ1) is 15.9. The van der Waals surface area contributed by atoms with E-state index in [4.69, 9.17) is 34.8 Å². The summed E-state index contributed by atoms with van der Waals surface area (Å²) < 4.78 is 0. The molecule has 116 valence electrons. The number of amides is 1. The smallest absolute Gasteiger partial charge is 0.296 e. The Labute approximate surface area is 146 Å². The van der Waals surface area contributed by atoms with Crippen molar-refractivity contribution in [2.24, 2.45) is 0 Å². The number of hydrogen-bond donors (Lipinski definition) is 2. The second-order valence-electron chi connectivity index (χ2n) is 4.77. The number of aromatic amines is 1. The Balaban J connectivity index is 1.91. The van der Waals surface area contributed by atoms with Gasteiger partial charge in [0.05, 0.1) is 21.3 Å². The Morgan fingerprint density at radius 3 is 2.39 bits per heavy atom. The van der Waals surface area contributed by atoms with Crippen LogP contribution in [0.2, 0.25) is 15.1 Å². The molecule has 0 radical (unpaired) electrons. The number of fused-ring (bicyclic) bond motifs is 1. The van der Waals surface area contributed by atoms with E-state index in [2.05, 4.69) is 10.3 Å². The van der Waals surface area contributed by atoms with Gasteiger partial charge in [-0.2, -0.15) is 0 Å². The number of benzene rings is 2. The number of para-hydroxylation sites is 1. The van der Waals surface area contributed by atoms with Crippen molar-refractivity contribution in [3.63, 3.8) is 0 Å². The number of anilines is 1. The summed E-state index contributed by atoms with van der Waals surface area (Å²) in [4.78, 5) is 27.5. The van der Waals surface area contributed by atoms with Gasteiger partial charge in [-0.15, -0.1) is 0 Å². The quantitative estimate of drug-likeness (QED) is 0.508. The zero-order valence-electron chi connectivity index (χ0n) is 11.5. The highest BCUT2D eigenvalue weighted by Crippen LogP contribution is 2.30. The highest BCUT2D eigenvalue weighted by molar-refractivity contribution is 6.50. The van der Waals surface area contributed by atoms with Gasteiger partial charge in [-0.3, -0.25) is 9.59 Å². The van der Waals surface area contributed by atoms with Crippen LogP contribution in [0.25, 0.3) is 10.9 Å². The number of carbonyl (C=O) groups excluding carboxylic acids is 2. The van der Waals surface area contributed by atoms with Crippen LogP contribution in [0.5, 0.6) is 0 Å². The number of rotatable bonds is 3. The van der Waals surface area contributed by atoms with Gasteiger partial charge in [0.15, 0.2) is 0 Å².